The zero-order valence-electron chi connectivity index (χ0n) is 12.4. The van der Waals surface area contributed by atoms with Gasteiger partial charge in [-0.1, -0.05) is 13.3 Å². The topological polar surface area (TPSA) is 87.0 Å². The third-order valence-electron chi connectivity index (χ3n) is 3.71. The van der Waals surface area contributed by atoms with Crippen LogP contribution in [0.25, 0.3) is 0 Å². The summed E-state index contributed by atoms with van der Waals surface area (Å²) < 4.78 is 0. The molecule has 6 nitrogen and oxygen atoms in total. The van der Waals surface area contributed by atoms with Gasteiger partial charge in [-0.25, -0.2) is 0 Å². The molecule has 1 unspecified atom stereocenters. The first-order valence-corrected chi connectivity index (χ1v) is 7.47. The molecular weight excluding hydrogens is 254 g/mol. The molecule has 2 heterocycles. The fraction of sp³-hybridized carbons (Fsp3) is 0.714. The van der Waals surface area contributed by atoms with Crippen molar-refractivity contribution in [3.63, 3.8) is 0 Å². The number of carbonyl (C=O) groups excluding carboxylic acids is 1. The highest BCUT2D eigenvalue weighted by Gasteiger charge is 2.20. The van der Waals surface area contributed by atoms with E-state index in [0.717, 1.165) is 38.2 Å². The Morgan fingerprint density at radius 1 is 1.50 bits per heavy atom. The molecule has 6 heteroatoms. The van der Waals surface area contributed by atoms with Gasteiger partial charge in [0.15, 0.2) is 5.69 Å². The summed E-state index contributed by atoms with van der Waals surface area (Å²) in [6.07, 6.45) is 4.30. The van der Waals surface area contributed by atoms with Gasteiger partial charge >= 0.3 is 0 Å². The fourth-order valence-corrected chi connectivity index (χ4v) is 2.69. The standard InChI is InChI=1S/C14H25N5O/c1-3-6-11-12(15)13(18-17-11)14(20)16-10(2)9-19-7-4-5-8-19/h10H,3-9,15H2,1-2H3,(H,16,20)(H,17,18). The Morgan fingerprint density at radius 2 is 2.20 bits per heavy atom. The van der Waals surface area contributed by atoms with Gasteiger partial charge in [0.05, 0.1) is 11.4 Å². The van der Waals surface area contributed by atoms with E-state index in [9.17, 15) is 4.79 Å². The number of aromatic nitrogens is 2. The van der Waals surface area contributed by atoms with Crippen molar-refractivity contribution in [3.8, 4) is 0 Å². The highest BCUT2D eigenvalue weighted by atomic mass is 16.2. The number of rotatable bonds is 6. The lowest BCUT2D eigenvalue weighted by Gasteiger charge is -2.20. The first kappa shape index (κ1) is 14.8. The van der Waals surface area contributed by atoms with Crippen molar-refractivity contribution in [2.75, 3.05) is 25.4 Å². The largest absolute Gasteiger partial charge is 0.395 e. The zero-order valence-corrected chi connectivity index (χ0v) is 12.4. The third kappa shape index (κ3) is 3.50. The van der Waals surface area contributed by atoms with Crippen molar-refractivity contribution in [1.29, 1.82) is 0 Å². The molecule has 1 fully saturated rings. The van der Waals surface area contributed by atoms with Gasteiger partial charge in [0.25, 0.3) is 5.91 Å². The molecule has 0 aromatic carbocycles. The Balaban J connectivity index is 1.90. The van der Waals surface area contributed by atoms with E-state index in [4.69, 9.17) is 5.73 Å². The Labute approximate surface area is 120 Å². The van der Waals surface area contributed by atoms with Gasteiger partial charge < -0.3 is 16.0 Å². The van der Waals surface area contributed by atoms with E-state index in [0.29, 0.717) is 11.4 Å². The van der Waals surface area contributed by atoms with E-state index >= 15 is 0 Å². The summed E-state index contributed by atoms with van der Waals surface area (Å²) in [6, 6.07) is 0.103. The van der Waals surface area contributed by atoms with E-state index in [2.05, 4.69) is 27.3 Å². The number of carbonyl (C=O) groups is 1. The Morgan fingerprint density at radius 3 is 2.85 bits per heavy atom. The van der Waals surface area contributed by atoms with Crippen LogP contribution in [0, 0.1) is 0 Å². The summed E-state index contributed by atoms with van der Waals surface area (Å²) in [5.41, 5.74) is 7.62. The van der Waals surface area contributed by atoms with Crippen molar-refractivity contribution < 1.29 is 4.79 Å². The summed E-state index contributed by atoms with van der Waals surface area (Å²) in [4.78, 5) is 14.6. The van der Waals surface area contributed by atoms with Gasteiger partial charge in [0.1, 0.15) is 0 Å². The zero-order chi connectivity index (χ0) is 14.5. The van der Waals surface area contributed by atoms with Gasteiger partial charge in [-0.15, -0.1) is 0 Å². The molecule has 0 radical (unpaired) electrons. The summed E-state index contributed by atoms with van der Waals surface area (Å²) in [5.74, 6) is -0.187. The molecule has 2 rings (SSSR count). The van der Waals surface area contributed by atoms with Crippen molar-refractivity contribution in [2.24, 2.45) is 0 Å². The maximum atomic E-state index is 12.2. The van der Waals surface area contributed by atoms with Crippen molar-refractivity contribution in [2.45, 2.75) is 45.6 Å². The molecule has 4 N–H and O–H groups in total. The molecule has 0 aliphatic carbocycles. The van der Waals surface area contributed by atoms with Crippen LogP contribution in [0.15, 0.2) is 0 Å². The first-order valence-electron chi connectivity index (χ1n) is 7.47. The molecule has 20 heavy (non-hydrogen) atoms. The highest BCUT2D eigenvalue weighted by molar-refractivity contribution is 5.97. The van der Waals surface area contributed by atoms with Crippen molar-refractivity contribution >= 4 is 11.6 Å². The van der Waals surface area contributed by atoms with Gasteiger partial charge in [0, 0.05) is 12.6 Å². The lowest BCUT2D eigenvalue weighted by atomic mass is 10.2. The molecule has 1 aromatic rings. The van der Waals surface area contributed by atoms with E-state index in [1.165, 1.54) is 12.8 Å². The Hall–Kier alpha value is -1.56. The number of anilines is 1. The van der Waals surface area contributed by atoms with Gasteiger partial charge in [0.2, 0.25) is 0 Å². The van der Waals surface area contributed by atoms with Crippen LogP contribution in [0.2, 0.25) is 0 Å². The molecule has 1 amide bonds. The number of nitrogens with zero attached hydrogens (tertiary/aromatic N) is 2. The minimum atomic E-state index is -0.187. The summed E-state index contributed by atoms with van der Waals surface area (Å²) >= 11 is 0. The average molecular weight is 279 g/mol. The highest BCUT2D eigenvalue weighted by Crippen LogP contribution is 2.15. The quantitative estimate of drug-likeness (QED) is 0.729. The molecule has 1 saturated heterocycles. The molecule has 0 bridgehead atoms. The third-order valence-corrected chi connectivity index (χ3v) is 3.71. The van der Waals surface area contributed by atoms with E-state index in [1.54, 1.807) is 0 Å². The SMILES string of the molecule is CCCc1[nH]nc(C(=O)NC(C)CN2CCCC2)c1N. The summed E-state index contributed by atoms with van der Waals surface area (Å²) in [6.45, 7) is 7.23. The van der Waals surface area contributed by atoms with Gasteiger partial charge in [-0.3, -0.25) is 9.89 Å². The number of amides is 1. The van der Waals surface area contributed by atoms with Crippen LogP contribution in [0.5, 0.6) is 0 Å². The number of aryl methyl sites for hydroxylation is 1. The van der Waals surface area contributed by atoms with Gasteiger partial charge in [-0.2, -0.15) is 5.10 Å². The van der Waals surface area contributed by atoms with E-state index in [-0.39, 0.29) is 11.9 Å². The fourth-order valence-electron chi connectivity index (χ4n) is 2.69. The molecule has 0 saturated carbocycles. The predicted molar refractivity (Wildman–Crippen MR) is 79.6 cm³/mol. The second kappa shape index (κ2) is 6.74. The maximum Gasteiger partial charge on any atom is 0.274 e. The van der Waals surface area contributed by atoms with Crippen LogP contribution >= 0.6 is 0 Å². The van der Waals surface area contributed by atoms with Crippen LogP contribution in [-0.2, 0) is 6.42 Å². The number of nitrogens with two attached hydrogens (primary N) is 1. The van der Waals surface area contributed by atoms with Gasteiger partial charge in [-0.05, 0) is 39.3 Å². The number of aromatic amines is 1. The normalized spacial score (nSPS) is 17.3. The number of hydrogen-bond donors (Lipinski definition) is 3. The number of nitrogens with one attached hydrogen (secondary N) is 2. The molecule has 1 aliphatic heterocycles. The number of likely N-dealkylation sites (tertiary alicyclic amines) is 1. The predicted octanol–water partition coefficient (Wildman–Crippen LogP) is 1.16. The summed E-state index contributed by atoms with van der Waals surface area (Å²) in [5, 5.41) is 9.88. The minimum absolute atomic E-state index is 0.103. The first-order chi connectivity index (χ1) is 9.61. The molecule has 0 spiro atoms. The van der Waals surface area contributed by atoms with E-state index < -0.39 is 0 Å². The molecular formula is C14H25N5O. The van der Waals surface area contributed by atoms with Crippen LogP contribution in [0.4, 0.5) is 5.69 Å². The second-order valence-corrected chi connectivity index (χ2v) is 5.60. The lowest BCUT2D eigenvalue weighted by molar-refractivity contribution is 0.0927. The monoisotopic (exact) mass is 279 g/mol. The number of nitrogen functional groups attached to an aromatic ring is 1. The average Bonchev–Trinajstić information content (AvgIpc) is 3.01. The second-order valence-electron chi connectivity index (χ2n) is 5.60. The van der Waals surface area contributed by atoms with Crippen molar-refractivity contribution in [3.05, 3.63) is 11.4 Å². The van der Waals surface area contributed by atoms with Crippen LogP contribution in [-0.4, -0.2) is 46.7 Å². The van der Waals surface area contributed by atoms with Crippen LogP contribution in [0.1, 0.15) is 49.3 Å². The van der Waals surface area contributed by atoms with Crippen molar-refractivity contribution in [1.82, 2.24) is 20.4 Å². The molecule has 1 aliphatic rings. The maximum absolute atomic E-state index is 12.2. The number of H-pyrrole nitrogens is 1. The molecule has 1 aromatic heterocycles. The number of hydrogen-bond acceptors (Lipinski definition) is 4. The van der Waals surface area contributed by atoms with Crippen LogP contribution < -0.4 is 11.1 Å². The van der Waals surface area contributed by atoms with Crippen LogP contribution in [0.3, 0.4) is 0 Å². The Kier molecular flexibility index (Phi) is 5.00. The van der Waals surface area contributed by atoms with E-state index in [1.807, 2.05) is 6.92 Å². The molecule has 1 atom stereocenters. The summed E-state index contributed by atoms with van der Waals surface area (Å²) in [7, 11) is 0. The smallest absolute Gasteiger partial charge is 0.274 e. The Bertz CT molecular complexity index is 450. The molecule has 112 valence electrons. The lowest BCUT2D eigenvalue weighted by Crippen LogP contribution is -2.41. The minimum Gasteiger partial charge on any atom is -0.395 e.